The summed E-state index contributed by atoms with van der Waals surface area (Å²) < 4.78 is 10.5. The van der Waals surface area contributed by atoms with Crippen LogP contribution in [0.2, 0.25) is 0 Å². The number of hydrogen-bond donors (Lipinski definition) is 2. The van der Waals surface area contributed by atoms with Gasteiger partial charge in [-0.15, -0.1) is 0 Å². The molecule has 1 aromatic carbocycles. The van der Waals surface area contributed by atoms with E-state index in [0.29, 0.717) is 5.75 Å². The van der Waals surface area contributed by atoms with E-state index in [1.165, 1.54) is 32.2 Å². The van der Waals surface area contributed by atoms with E-state index in [2.05, 4.69) is 0 Å². The molecule has 116 valence electrons. The first kappa shape index (κ1) is 16.7. The van der Waals surface area contributed by atoms with E-state index in [-0.39, 0.29) is 17.9 Å². The summed E-state index contributed by atoms with van der Waals surface area (Å²) in [6.45, 7) is 3.13. The molecule has 0 saturated carbocycles. The zero-order chi connectivity index (χ0) is 16.2. The third-order valence-corrected chi connectivity index (χ3v) is 2.97. The summed E-state index contributed by atoms with van der Waals surface area (Å²) in [6, 6.07) is 4.16. The molecular formula is C13H19N3O5. The molecular weight excluding hydrogens is 278 g/mol. The smallest absolute Gasteiger partial charge is 0.311 e. The van der Waals surface area contributed by atoms with E-state index in [4.69, 9.17) is 20.9 Å². The zero-order valence-corrected chi connectivity index (χ0v) is 12.2. The molecule has 0 spiro atoms. The van der Waals surface area contributed by atoms with Gasteiger partial charge in [0.2, 0.25) is 11.7 Å². The van der Waals surface area contributed by atoms with Crippen molar-refractivity contribution in [3.05, 3.63) is 28.3 Å². The largest absolute Gasteiger partial charge is 0.497 e. The van der Waals surface area contributed by atoms with E-state index in [9.17, 15) is 14.9 Å². The second kappa shape index (κ2) is 6.40. The van der Waals surface area contributed by atoms with Gasteiger partial charge in [0.05, 0.1) is 23.7 Å². The predicted molar refractivity (Wildman–Crippen MR) is 76.1 cm³/mol. The van der Waals surface area contributed by atoms with E-state index in [1.807, 2.05) is 0 Å². The summed E-state index contributed by atoms with van der Waals surface area (Å²) in [5, 5.41) is 11.0. The molecule has 21 heavy (non-hydrogen) atoms. The second-order valence-electron chi connectivity index (χ2n) is 5.01. The topological polar surface area (TPSA) is 131 Å². The standard InChI is InChI=1S/C13H19N3O5/c1-8(7-13(2,15)12(14)17)21-11-6-9(20-3)4-5-10(11)16(18)19/h4-6,8H,7,15H2,1-3H3,(H2,14,17). The molecule has 0 fully saturated rings. The van der Waals surface area contributed by atoms with E-state index in [1.54, 1.807) is 6.92 Å². The summed E-state index contributed by atoms with van der Waals surface area (Å²) in [6.07, 6.45) is -0.422. The average Bonchev–Trinajstić information content (AvgIpc) is 2.37. The van der Waals surface area contributed by atoms with Gasteiger partial charge in [0.25, 0.3) is 0 Å². The lowest BCUT2D eigenvalue weighted by atomic mass is 9.95. The number of carbonyl (C=O) groups is 1. The molecule has 1 rings (SSSR count). The highest BCUT2D eigenvalue weighted by Gasteiger charge is 2.29. The molecule has 0 aliphatic carbocycles. The first-order valence-electron chi connectivity index (χ1n) is 6.25. The molecule has 8 nitrogen and oxygen atoms in total. The Balaban J connectivity index is 2.95. The Morgan fingerprint density at radius 1 is 1.52 bits per heavy atom. The zero-order valence-electron chi connectivity index (χ0n) is 12.2. The lowest BCUT2D eigenvalue weighted by Gasteiger charge is -2.25. The SMILES string of the molecule is COc1ccc([N+](=O)[O-])c(OC(C)CC(C)(N)C(N)=O)c1. The third-order valence-electron chi connectivity index (χ3n) is 2.97. The van der Waals surface area contributed by atoms with Gasteiger partial charge in [0.15, 0.2) is 0 Å². The molecule has 0 radical (unpaired) electrons. The summed E-state index contributed by atoms with van der Waals surface area (Å²) in [5.74, 6) is -0.196. The Labute approximate surface area is 122 Å². The molecule has 0 saturated heterocycles. The lowest BCUT2D eigenvalue weighted by molar-refractivity contribution is -0.386. The average molecular weight is 297 g/mol. The minimum absolute atomic E-state index is 0.0483. The van der Waals surface area contributed by atoms with Crippen molar-refractivity contribution >= 4 is 11.6 Å². The van der Waals surface area contributed by atoms with Gasteiger partial charge in [-0.1, -0.05) is 0 Å². The number of primary amides is 1. The van der Waals surface area contributed by atoms with Crippen LogP contribution in [0.3, 0.4) is 0 Å². The Morgan fingerprint density at radius 3 is 2.62 bits per heavy atom. The van der Waals surface area contributed by atoms with Gasteiger partial charge in [0.1, 0.15) is 5.75 Å². The van der Waals surface area contributed by atoms with E-state index >= 15 is 0 Å². The van der Waals surface area contributed by atoms with Crippen molar-refractivity contribution in [2.45, 2.75) is 31.9 Å². The monoisotopic (exact) mass is 297 g/mol. The summed E-state index contributed by atoms with van der Waals surface area (Å²) in [4.78, 5) is 21.6. The predicted octanol–water partition coefficient (Wildman–Crippen LogP) is 0.963. The van der Waals surface area contributed by atoms with Crippen molar-refractivity contribution < 1.29 is 19.2 Å². The molecule has 0 aliphatic rings. The number of nitrogens with two attached hydrogens (primary N) is 2. The van der Waals surface area contributed by atoms with Crippen molar-refractivity contribution in [1.82, 2.24) is 0 Å². The highest BCUT2D eigenvalue weighted by Crippen LogP contribution is 2.32. The van der Waals surface area contributed by atoms with Gasteiger partial charge in [-0.3, -0.25) is 14.9 Å². The number of methoxy groups -OCH3 is 1. The van der Waals surface area contributed by atoms with Crippen LogP contribution in [0.5, 0.6) is 11.5 Å². The summed E-state index contributed by atoms with van der Waals surface area (Å²) >= 11 is 0. The fraction of sp³-hybridized carbons (Fsp3) is 0.462. The quantitative estimate of drug-likeness (QED) is 0.569. The second-order valence-corrected chi connectivity index (χ2v) is 5.01. The number of carbonyl (C=O) groups excluding carboxylic acids is 1. The minimum Gasteiger partial charge on any atom is -0.497 e. The molecule has 2 unspecified atom stereocenters. The first-order valence-corrected chi connectivity index (χ1v) is 6.25. The minimum atomic E-state index is -1.26. The van der Waals surface area contributed by atoms with Crippen LogP contribution in [0.15, 0.2) is 18.2 Å². The molecule has 2 atom stereocenters. The van der Waals surface area contributed by atoms with Crippen molar-refractivity contribution in [3.8, 4) is 11.5 Å². The van der Waals surface area contributed by atoms with Crippen LogP contribution < -0.4 is 20.9 Å². The van der Waals surface area contributed by atoms with Crippen LogP contribution >= 0.6 is 0 Å². The molecule has 8 heteroatoms. The highest BCUT2D eigenvalue weighted by atomic mass is 16.6. The molecule has 0 aromatic heterocycles. The van der Waals surface area contributed by atoms with Crippen LogP contribution in [0, 0.1) is 10.1 Å². The maximum absolute atomic E-state index is 11.2. The molecule has 4 N–H and O–H groups in total. The van der Waals surface area contributed by atoms with Crippen LogP contribution in [0.4, 0.5) is 5.69 Å². The fourth-order valence-corrected chi connectivity index (χ4v) is 1.82. The summed E-state index contributed by atoms with van der Waals surface area (Å²) in [7, 11) is 1.44. The van der Waals surface area contributed by atoms with Crippen LogP contribution in [0.1, 0.15) is 20.3 Å². The van der Waals surface area contributed by atoms with Gasteiger partial charge in [-0.05, 0) is 19.9 Å². The van der Waals surface area contributed by atoms with Crippen molar-refractivity contribution in [3.63, 3.8) is 0 Å². The number of amides is 1. The van der Waals surface area contributed by atoms with Gasteiger partial charge >= 0.3 is 5.69 Å². The number of nitro benzene ring substituents is 1. The Kier molecular flexibility index (Phi) is 5.09. The van der Waals surface area contributed by atoms with Gasteiger partial charge < -0.3 is 20.9 Å². The fourth-order valence-electron chi connectivity index (χ4n) is 1.82. The number of nitro groups is 1. The van der Waals surface area contributed by atoms with Crippen molar-refractivity contribution in [2.24, 2.45) is 11.5 Å². The number of ether oxygens (including phenoxy) is 2. The Hall–Kier alpha value is -2.35. The normalized spacial score (nSPS) is 14.9. The van der Waals surface area contributed by atoms with Crippen molar-refractivity contribution in [2.75, 3.05) is 7.11 Å². The number of rotatable bonds is 7. The molecule has 0 heterocycles. The Bertz CT molecular complexity index is 545. The molecule has 0 aliphatic heterocycles. The number of nitrogens with zero attached hydrogens (tertiary/aromatic N) is 1. The van der Waals surface area contributed by atoms with Gasteiger partial charge in [-0.25, -0.2) is 0 Å². The third kappa shape index (κ3) is 4.32. The first-order chi connectivity index (χ1) is 9.67. The Morgan fingerprint density at radius 2 is 2.14 bits per heavy atom. The van der Waals surface area contributed by atoms with E-state index in [0.717, 1.165) is 0 Å². The van der Waals surface area contributed by atoms with Gasteiger partial charge in [-0.2, -0.15) is 0 Å². The van der Waals surface area contributed by atoms with Crippen molar-refractivity contribution in [1.29, 1.82) is 0 Å². The maximum Gasteiger partial charge on any atom is 0.311 e. The van der Waals surface area contributed by atoms with Crippen LogP contribution in [-0.4, -0.2) is 29.6 Å². The molecule has 1 aromatic rings. The molecule has 0 bridgehead atoms. The van der Waals surface area contributed by atoms with Crippen LogP contribution in [0.25, 0.3) is 0 Å². The van der Waals surface area contributed by atoms with Gasteiger partial charge in [0, 0.05) is 18.6 Å². The maximum atomic E-state index is 11.2. The highest BCUT2D eigenvalue weighted by molar-refractivity contribution is 5.83. The van der Waals surface area contributed by atoms with Crippen LogP contribution in [-0.2, 0) is 4.79 Å². The number of benzene rings is 1. The van der Waals surface area contributed by atoms with E-state index < -0.39 is 22.5 Å². The summed E-state index contributed by atoms with van der Waals surface area (Å²) in [5.41, 5.74) is 9.49. The molecule has 1 amide bonds. The lowest BCUT2D eigenvalue weighted by Crippen LogP contribution is -2.51. The number of hydrogen-bond acceptors (Lipinski definition) is 6.